The van der Waals surface area contributed by atoms with Crippen LogP contribution in [0.25, 0.3) is 11.0 Å². The van der Waals surface area contributed by atoms with Gasteiger partial charge in [0, 0.05) is 17.0 Å². The standard InChI is InChI=1S/C23H22ClNO6/c1-4-18(25-23(28)29-12-15-8-6-5-7-9-15)22(27)31-20-11-19-16(10-17(20)24)13(2)14(3)21(26)30-19/h5-11,18H,4,12H2,1-3H3,(H,25,28)/t18-/m0/s1. The molecular formula is C23H22ClNO6. The molecule has 7 nitrogen and oxygen atoms in total. The van der Waals surface area contributed by atoms with Crippen LogP contribution >= 0.6 is 11.6 Å². The number of aryl methyl sites for hydroxylation is 1. The molecular weight excluding hydrogens is 422 g/mol. The summed E-state index contributed by atoms with van der Waals surface area (Å²) in [6, 6.07) is 11.2. The average Bonchev–Trinajstić information content (AvgIpc) is 2.76. The lowest BCUT2D eigenvalue weighted by Gasteiger charge is -2.16. The number of alkyl carbamates (subject to hydrolysis) is 1. The summed E-state index contributed by atoms with van der Waals surface area (Å²) >= 11 is 6.27. The van der Waals surface area contributed by atoms with E-state index in [2.05, 4.69) is 5.32 Å². The Morgan fingerprint density at radius 3 is 2.52 bits per heavy atom. The molecule has 3 rings (SSSR count). The number of ether oxygens (including phenoxy) is 2. The number of nitrogens with one attached hydrogen (secondary N) is 1. The minimum absolute atomic E-state index is 0.0310. The van der Waals surface area contributed by atoms with E-state index in [1.54, 1.807) is 26.8 Å². The zero-order chi connectivity index (χ0) is 22.5. The molecule has 1 aromatic heterocycles. The van der Waals surface area contributed by atoms with E-state index in [9.17, 15) is 14.4 Å². The van der Waals surface area contributed by atoms with E-state index in [4.69, 9.17) is 25.5 Å². The van der Waals surface area contributed by atoms with Gasteiger partial charge < -0.3 is 19.2 Å². The highest BCUT2D eigenvalue weighted by Gasteiger charge is 2.23. The van der Waals surface area contributed by atoms with Crippen molar-refractivity contribution in [3.05, 3.63) is 74.6 Å². The summed E-state index contributed by atoms with van der Waals surface area (Å²) in [5.41, 5.74) is 1.82. The van der Waals surface area contributed by atoms with Crippen molar-refractivity contribution >= 4 is 34.6 Å². The van der Waals surface area contributed by atoms with Crippen molar-refractivity contribution in [3.8, 4) is 5.75 Å². The highest BCUT2D eigenvalue weighted by molar-refractivity contribution is 6.33. The van der Waals surface area contributed by atoms with Gasteiger partial charge in [-0.15, -0.1) is 0 Å². The minimum atomic E-state index is -0.943. The number of amides is 1. The predicted molar refractivity (Wildman–Crippen MR) is 116 cm³/mol. The van der Waals surface area contributed by atoms with Gasteiger partial charge in [0.2, 0.25) is 0 Å². The molecule has 0 radical (unpaired) electrons. The Labute approximate surface area is 183 Å². The fourth-order valence-electron chi connectivity index (χ4n) is 2.94. The molecule has 0 saturated carbocycles. The molecule has 1 N–H and O–H groups in total. The molecule has 0 aliphatic heterocycles. The first-order valence-corrected chi connectivity index (χ1v) is 10.1. The molecule has 8 heteroatoms. The highest BCUT2D eigenvalue weighted by Crippen LogP contribution is 2.32. The smallest absolute Gasteiger partial charge is 0.408 e. The minimum Gasteiger partial charge on any atom is -0.445 e. The number of rotatable bonds is 6. The van der Waals surface area contributed by atoms with Crippen LogP contribution in [-0.4, -0.2) is 18.1 Å². The SMILES string of the molecule is CC[C@H](NC(=O)OCc1ccccc1)C(=O)Oc1cc2oc(=O)c(C)c(C)c2cc1Cl. The Morgan fingerprint density at radius 1 is 1.13 bits per heavy atom. The maximum absolute atomic E-state index is 12.6. The van der Waals surface area contributed by atoms with Crippen LogP contribution in [0.2, 0.25) is 5.02 Å². The summed E-state index contributed by atoms with van der Waals surface area (Å²) in [5.74, 6) is -0.685. The third-order valence-corrected chi connectivity index (χ3v) is 5.21. The number of hydrogen-bond donors (Lipinski definition) is 1. The first-order valence-electron chi connectivity index (χ1n) is 9.72. The summed E-state index contributed by atoms with van der Waals surface area (Å²) < 4.78 is 15.8. The fourth-order valence-corrected chi connectivity index (χ4v) is 3.14. The first-order chi connectivity index (χ1) is 14.8. The van der Waals surface area contributed by atoms with Crippen molar-refractivity contribution in [3.63, 3.8) is 0 Å². The summed E-state index contributed by atoms with van der Waals surface area (Å²) in [4.78, 5) is 36.6. The van der Waals surface area contributed by atoms with Gasteiger partial charge in [0.05, 0.1) is 5.02 Å². The highest BCUT2D eigenvalue weighted by atomic mass is 35.5. The largest absolute Gasteiger partial charge is 0.445 e. The van der Waals surface area contributed by atoms with Crippen molar-refractivity contribution < 1.29 is 23.5 Å². The molecule has 0 saturated heterocycles. The van der Waals surface area contributed by atoms with Gasteiger partial charge in [-0.1, -0.05) is 48.9 Å². The second-order valence-corrected chi connectivity index (χ2v) is 7.41. The molecule has 3 aromatic rings. The summed E-state index contributed by atoms with van der Waals surface area (Å²) in [7, 11) is 0. The lowest BCUT2D eigenvalue weighted by molar-refractivity contribution is -0.136. The molecule has 0 unspecified atom stereocenters. The van der Waals surface area contributed by atoms with Gasteiger partial charge in [0.15, 0.2) is 5.75 Å². The van der Waals surface area contributed by atoms with Gasteiger partial charge in [-0.05, 0) is 37.5 Å². The lowest BCUT2D eigenvalue weighted by Crippen LogP contribution is -2.42. The van der Waals surface area contributed by atoms with Crippen molar-refractivity contribution in [1.82, 2.24) is 5.32 Å². The Hall–Kier alpha value is -3.32. The van der Waals surface area contributed by atoms with Crippen molar-refractivity contribution in [1.29, 1.82) is 0 Å². The van der Waals surface area contributed by atoms with Crippen LogP contribution in [0.1, 0.15) is 30.0 Å². The number of fused-ring (bicyclic) bond motifs is 1. The molecule has 0 bridgehead atoms. The first kappa shape index (κ1) is 22.4. The average molecular weight is 444 g/mol. The molecule has 162 valence electrons. The van der Waals surface area contributed by atoms with Gasteiger partial charge in [-0.2, -0.15) is 0 Å². The monoisotopic (exact) mass is 443 g/mol. The van der Waals surface area contributed by atoms with Crippen LogP contribution in [0.15, 0.2) is 51.7 Å². The fraction of sp³-hybridized carbons (Fsp3) is 0.261. The van der Waals surface area contributed by atoms with Gasteiger partial charge in [-0.3, -0.25) is 0 Å². The van der Waals surface area contributed by atoms with Crippen molar-refractivity contribution in [2.45, 2.75) is 39.8 Å². The maximum Gasteiger partial charge on any atom is 0.408 e. The molecule has 1 amide bonds. The number of carbonyl (C=O) groups is 2. The maximum atomic E-state index is 12.6. The molecule has 1 heterocycles. The zero-order valence-corrected chi connectivity index (χ0v) is 18.1. The number of hydrogen-bond acceptors (Lipinski definition) is 6. The topological polar surface area (TPSA) is 94.8 Å². The Bertz CT molecular complexity index is 1170. The van der Waals surface area contributed by atoms with Gasteiger partial charge >= 0.3 is 17.7 Å². The van der Waals surface area contributed by atoms with Crippen LogP contribution in [-0.2, 0) is 16.1 Å². The molecule has 31 heavy (non-hydrogen) atoms. The van der Waals surface area contributed by atoms with E-state index in [0.29, 0.717) is 10.9 Å². The Balaban J connectivity index is 1.70. The molecule has 0 aliphatic rings. The van der Waals surface area contributed by atoms with E-state index in [0.717, 1.165) is 11.1 Å². The molecule has 1 atom stereocenters. The Morgan fingerprint density at radius 2 is 1.84 bits per heavy atom. The molecule has 0 fully saturated rings. The van der Waals surface area contributed by atoms with Crippen LogP contribution in [0.3, 0.4) is 0 Å². The lowest BCUT2D eigenvalue weighted by atomic mass is 10.1. The van der Waals surface area contributed by atoms with E-state index in [1.807, 2.05) is 30.3 Å². The van der Waals surface area contributed by atoms with Crippen molar-refractivity contribution in [2.75, 3.05) is 0 Å². The van der Waals surface area contributed by atoms with E-state index >= 15 is 0 Å². The number of carbonyl (C=O) groups excluding carboxylic acids is 2. The normalized spacial score (nSPS) is 11.7. The van der Waals surface area contributed by atoms with Gasteiger partial charge in [0.1, 0.15) is 18.2 Å². The second-order valence-electron chi connectivity index (χ2n) is 7.01. The van der Waals surface area contributed by atoms with Crippen LogP contribution in [0, 0.1) is 13.8 Å². The van der Waals surface area contributed by atoms with Crippen molar-refractivity contribution in [2.24, 2.45) is 0 Å². The van der Waals surface area contributed by atoms with Crippen LogP contribution in [0.5, 0.6) is 5.75 Å². The number of benzene rings is 2. The van der Waals surface area contributed by atoms with Gasteiger partial charge in [-0.25, -0.2) is 14.4 Å². The van der Waals surface area contributed by atoms with E-state index in [1.165, 1.54) is 6.07 Å². The summed E-state index contributed by atoms with van der Waals surface area (Å²) in [5, 5.41) is 3.32. The van der Waals surface area contributed by atoms with Crippen LogP contribution in [0.4, 0.5) is 4.79 Å². The molecule has 0 aliphatic carbocycles. The van der Waals surface area contributed by atoms with E-state index < -0.39 is 23.7 Å². The molecule has 2 aromatic carbocycles. The molecule has 0 spiro atoms. The summed E-state index contributed by atoms with van der Waals surface area (Å²) in [6.07, 6.45) is -0.466. The van der Waals surface area contributed by atoms with Crippen LogP contribution < -0.4 is 15.7 Å². The number of halogens is 1. The third kappa shape index (κ3) is 5.24. The van der Waals surface area contributed by atoms with Gasteiger partial charge in [0.25, 0.3) is 0 Å². The number of esters is 1. The third-order valence-electron chi connectivity index (χ3n) is 4.92. The van der Waals surface area contributed by atoms with E-state index in [-0.39, 0.29) is 29.4 Å². The quantitative estimate of drug-likeness (QED) is 0.338. The predicted octanol–water partition coefficient (Wildman–Crippen LogP) is 4.67. The zero-order valence-electron chi connectivity index (χ0n) is 17.4. The summed E-state index contributed by atoms with van der Waals surface area (Å²) in [6.45, 7) is 5.24. The Kier molecular flexibility index (Phi) is 6.97. The second kappa shape index (κ2) is 9.66.